The Morgan fingerprint density at radius 2 is 2.17 bits per heavy atom. The lowest BCUT2D eigenvalue weighted by atomic mass is 10.6. The lowest BCUT2D eigenvalue weighted by Crippen LogP contribution is -2.20. The maximum atomic E-state index is 9.77. The number of nitro groups is 1. The van der Waals surface area contributed by atoms with E-state index in [2.05, 4.69) is 15.9 Å². The Morgan fingerprint density at radius 3 is 2.33 bits per heavy atom. The zero-order valence-electron chi connectivity index (χ0n) is 6.06. The second kappa shape index (κ2) is 4.72. The topological polar surface area (TPSA) is 132 Å². The van der Waals surface area contributed by atoms with E-state index in [0.29, 0.717) is 0 Å². The van der Waals surface area contributed by atoms with Gasteiger partial charge in [-0.25, -0.2) is 0 Å². The van der Waals surface area contributed by atoms with Crippen LogP contribution in [0.2, 0.25) is 0 Å². The molecule has 0 amide bonds. The van der Waals surface area contributed by atoms with Crippen LogP contribution in [0.4, 0.5) is 5.88 Å². The van der Waals surface area contributed by atoms with Crippen molar-refractivity contribution in [3.05, 3.63) is 28.5 Å². The Bertz CT molecular complexity index is 252. The van der Waals surface area contributed by atoms with Crippen molar-refractivity contribution in [1.29, 1.82) is 5.41 Å². The minimum Gasteiger partial charge on any atom is -0.409 e. The van der Waals surface area contributed by atoms with Gasteiger partial charge in [0.25, 0.3) is 0 Å². The van der Waals surface area contributed by atoms with Gasteiger partial charge in [-0.15, -0.1) is 0 Å². The van der Waals surface area contributed by atoms with Gasteiger partial charge in [0, 0.05) is 0 Å². The van der Waals surface area contributed by atoms with Gasteiger partial charge in [0.1, 0.15) is 4.92 Å². The van der Waals surface area contributed by atoms with Crippen LogP contribution in [-0.4, -0.2) is 10.9 Å². The molecule has 12 heavy (non-hydrogen) atoms. The number of hydrogen-bond donors (Lipinski definition) is 3. The van der Waals surface area contributed by atoms with Crippen LogP contribution in [-0.2, 0) is 0 Å². The average Bonchev–Trinajstić information content (AvgIpc) is 2.34. The summed E-state index contributed by atoms with van der Waals surface area (Å²) < 4.78 is 4.40. The van der Waals surface area contributed by atoms with Crippen LogP contribution < -0.4 is 11.5 Å². The molecule has 1 heterocycles. The Morgan fingerprint density at radius 1 is 1.67 bits per heavy atom. The van der Waals surface area contributed by atoms with Crippen LogP contribution in [0.5, 0.6) is 0 Å². The van der Waals surface area contributed by atoms with E-state index in [4.69, 9.17) is 5.41 Å². The molecular formula is C5H8N4O3. The summed E-state index contributed by atoms with van der Waals surface area (Å²) in [6.45, 7) is 0. The van der Waals surface area contributed by atoms with Crippen LogP contribution >= 0.6 is 0 Å². The molecule has 0 unspecified atom stereocenters. The van der Waals surface area contributed by atoms with Gasteiger partial charge in [-0.2, -0.15) is 0 Å². The lowest BCUT2D eigenvalue weighted by Gasteiger charge is -1.76. The van der Waals surface area contributed by atoms with E-state index in [1.807, 2.05) is 0 Å². The van der Waals surface area contributed by atoms with E-state index in [1.165, 1.54) is 18.4 Å². The Balaban J connectivity index is 0.000000261. The van der Waals surface area contributed by atoms with Gasteiger partial charge >= 0.3 is 5.88 Å². The SMILES string of the molecule is N=C(N)N.O=[N+]([O-])c1ccco1. The lowest BCUT2D eigenvalue weighted by molar-refractivity contribution is -0.402. The normalized spacial score (nSPS) is 8.00. The average molecular weight is 172 g/mol. The molecule has 0 aliphatic carbocycles. The third kappa shape index (κ3) is 4.79. The van der Waals surface area contributed by atoms with Crippen molar-refractivity contribution < 1.29 is 9.34 Å². The Labute approximate surface area is 67.6 Å². The monoisotopic (exact) mass is 172 g/mol. The zero-order chi connectivity index (χ0) is 9.56. The van der Waals surface area contributed by atoms with E-state index in [1.54, 1.807) is 0 Å². The summed E-state index contributed by atoms with van der Waals surface area (Å²) >= 11 is 0. The molecule has 0 fully saturated rings. The van der Waals surface area contributed by atoms with E-state index in [9.17, 15) is 10.1 Å². The maximum Gasteiger partial charge on any atom is 0.432 e. The minimum atomic E-state index is -0.583. The fourth-order valence-corrected chi connectivity index (χ4v) is 0.374. The molecule has 0 bridgehead atoms. The van der Waals surface area contributed by atoms with Crippen LogP contribution in [0.15, 0.2) is 22.8 Å². The molecule has 0 aromatic carbocycles. The number of furan rings is 1. The quantitative estimate of drug-likeness (QED) is 0.238. The molecule has 1 aromatic rings. The molecule has 5 N–H and O–H groups in total. The number of hydrogen-bond acceptors (Lipinski definition) is 4. The number of rotatable bonds is 1. The third-order valence-electron chi connectivity index (χ3n) is 0.686. The first-order valence-corrected chi connectivity index (χ1v) is 2.81. The van der Waals surface area contributed by atoms with Crippen LogP contribution in [0.3, 0.4) is 0 Å². The second-order valence-electron chi connectivity index (χ2n) is 1.66. The van der Waals surface area contributed by atoms with Gasteiger partial charge in [0.05, 0.1) is 12.3 Å². The molecule has 66 valence electrons. The Kier molecular flexibility index (Phi) is 3.91. The van der Waals surface area contributed by atoms with Gasteiger partial charge < -0.3 is 15.9 Å². The molecule has 1 aromatic heterocycles. The van der Waals surface area contributed by atoms with Gasteiger partial charge in [0.2, 0.25) is 0 Å². The molecule has 0 atom stereocenters. The first-order chi connectivity index (χ1) is 5.54. The fourth-order valence-electron chi connectivity index (χ4n) is 0.374. The summed E-state index contributed by atoms with van der Waals surface area (Å²) in [4.78, 5) is 9.19. The highest BCUT2D eigenvalue weighted by Crippen LogP contribution is 2.08. The van der Waals surface area contributed by atoms with Crippen molar-refractivity contribution in [2.75, 3.05) is 0 Å². The second-order valence-corrected chi connectivity index (χ2v) is 1.66. The predicted molar refractivity (Wildman–Crippen MR) is 41.5 cm³/mol. The van der Waals surface area contributed by atoms with Gasteiger partial charge in [-0.3, -0.25) is 15.5 Å². The molecule has 0 saturated heterocycles. The van der Waals surface area contributed by atoms with Crippen LogP contribution in [0.1, 0.15) is 0 Å². The smallest absolute Gasteiger partial charge is 0.409 e. The predicted octanol–water partition coefficient (Wildman–Crippen LogP) is 0.0264. The summed E-state index contributed by atoms with van der Waals surface area (Å²) in [5.41, 5.74) is 8.94. The van der Waals surface area contributed by atoms with E-state index in [0.717, 1.165) is 0 Å². The molecule has 0 saturated carbocycles. The highest BCUT2D eigenvalue weighted by molar-refractivity contribution is 5.71. The van der Waals surface area contributed by atoms with Crippen molar-refractivity contribution >= 4 is 11.8 Å². The largest absolute Gasteiger partial charge is 0.432 e. The minimum absolute atomic E-state index is 0.218. The summed E-state index contributed by atoms with van der Waals surface area (Å²) in [5.74, 6) is -0.551. The van der Waals surface area contributed by atoms with E-state index >= 15 is 0 Å². The van der Waals surface area contributed by atoms with Crippen molar-refractivity contribution in [3.63, 3.8) is 0 Å². The number of nitrogens with one attached hydrogen (secondary N) is 1. The first-order valence-electron chi connectivity index (χ1n) is 2.81. The summed E-state index contributed by atoms with van der Waals surface area (Å²) in [5, 5.41) is 15.8. The van der Waals surface area contributed by atoms with Crippen molar-refractivity contribution in [3.8, 4) is 0 Å². The molecule has 0 spiro atoms. The standard InChI is InChI=1S/C4H3NO3.CH5N3/c6-5(7)4-2-1-3-8-4;2-1(3)4/h1-3H;(H5,2,3,4). The van der Waals surface area contributed by atoms with Gasteiger partial charge in [-0.05, 0) is 6.07 Å². The fraction of sp³-hybridized carbons (Fsp3) is 0. The number of guanidine groups is 1. The highest BCUT2D eigenvalue weighted by atomic mass is 16.6. The molecular weight excluding hydrogens is 164 g/mol. The zero-order valence-corrected chi connectivity index (χ0v) is 6.06. The molecule has 7 heteroatoms. The first kappa shape index (κ1) is 9.95. The molecule has 0 aliphatic heterocycles. The van der Waals surface area contributed by atoms with Crippen molar-refractivity contribution in [2.24, 2.45) is 11.5 Å². The van der Waals surface area contributed by atoms with E-state index < -0.39 is 4.92 Å². The maximum absolute atomic E-state index is 9.77. The molecule has 7 nitrogen and oxygen atoms in total. The molecule has 1 rings (SSSR count). The number of nitrogens with two attached hydrogens (primary N) is 2. The van der Waals surface area contributed by atoms with Gasteiger partial charge in [-0.1, -0.05) is 0 Å². The summed E-state index contributed by atoms with van der Waals surface area (Å²) in [6, 6.07) is 2.76. The highest BCUT2D eigenvalue weighted by Gasteiger charge is 2.04. The van der Waals surface area contributed by atoms with Crippen LogP contribution in [0.25, 0.3) is 0 Å². The third-order valence-corrected chi connectivity index (χ3v) is 0.686. The summed E-state index contributed by atoms with van der Waals surface area (Å²) in [7, 11) is 0. The molecule has 0 aliphatic rings. The van der Waals surface area contributed by atoms with Crippen LogP contribution in [0, 0.1) is 15.5 Å². The Hall–Kier alpha value is -2.05. The van der Waals surface area contributed by atoms with E-state index in [-0.39, 0.29) is 11.8 Å². The van der Waals surface area contributed by atoms with Crippen molar-refractivity contribution in [1.82, 2.24) is 0 Å². The number of nitrogens with zero attached hydrogens (tertiary/aromatic N) is 1. The summed E-state index contributed by atoms with van der Waals surface area (Å²) in [6.07, 6.45) is 1.26. The van der Waals surface area contributed by atoms with Crippen molar-refractivity contribution in [2.45, 2.75) is 0 Å². The molecule has 0 radical (unpaired) electrons. The van der Waals surface area contributed by atoms with Gasteiger partial charge in [0.15, 0.2) is 5.96 Å².